The van der Waals surface area contributed by atoms with E-state index in [-0.39, 0.29) is 0 Å². The van der Waals surface area contributed by atoms with Crippen molar-refractivity contribution in [2.75, 3.05) is 7.11 Å². The van der Waals surface area contributed by atoms with Gasteiger partial charge in [0.25, 0.3) is 0 Å². The molecule has 4 saturated carbocycles. The first-order valence-electron chi connectivity index (χ1n) is 8.46. The Balaban J connectivity index is 1.50. The summed E-state index contributed by atoms with van der Waals surface area (Å²) in [4.78, 5) is 0. The van der Waals surface area contributed by atoms with Gasteiger partial charge in [-0.15, -0.1) is 0 Å². The highest BCUT2D eigenvalue weighted by atomic mass is 16.5. The number of hydrogen-bond donors (Lipinski definition) is 0. The zero-order chi connectivity index (χ0) is 13.4. The van der Waals surface area contributed by atoms with Crippen LogP contribution < -0.4 is 4.74 Å². The molecule has 0 aromatic heterocycles. The Hall–Kier alpha value is -0.980. The molecular formula is C19H24O. The lowest BCUT2D eigenvalue weighted by molar-refractivity contribution is 0.378. The average Bonchev–Trinajstić information content (AvgIpc) is 3.33. The van der Waals surface area contributed by atoms with E-state index in [1.54, 1.807) is 19.1 Å². The van der Waals surface area contributed by atoms with E-state index >= 15 is 0 Å². The average molecular weight is 268 g/mol. The third-order valence-electron chi connectivity index (χ3n) is 7.27. The fourth-order valence-corrected chi connectivity index (χ4v) is 6.50. The lowest BCUT2D eigenvalue weighted by atomic mass is 9.87. The standard InChI is InChI=1S/C19H24O/c1-20-15-8-6-13(7-9-15)19-12-14(19)11-18-10-4-2-3-5-16(18)17(18)19/h6-9,14,16-17H,2-5,10-12H2,1H3/t14-,16-,17+,18?,19-/m0/s1. The molecule has 0 N–H and O–H groups in total. The van der Waals surface area contributed by atoms with Crippen LogP contribution in [0.2, 0.25) is 0 Å². The van der Waals surface area contributed by atoms with Crippen LogP contribution in [0.15, 0.2) is 24.3 Å². The summed E-state index contributed by atoms with van der Waals surface area (Å²) in [5, 5.41) is 0. The monoisotopic (exact) mass is 268 g/mol. The molecule has 0 amide bonds. The van der Waals surface area contributed by atoms with Crippen molar-refractivity contribution in [3.05, 3.63) is 29.8 Å². The normalized spacial score (nSPS) is 47.8. The fourth-order valence-electron chi connectivity index (χ4n) is 6.50. The molecule has 1 nitrogen and oxygen atoms in total. The first-order valence-corrected chi connectivity index (χ1v) is 8.46. The minimum absolute atomic E-state index is 0.592. The Kier molecular flexibility index (Phi) is 2.10. The van der Waals surface area contributed by atoms with Crippen molar-refractivity contribution in [1.82, 2.24) is 0 Å². The highest BCUT2D eigenvalue weighted by Gasteiger charge is 2.83. The summed E-state index contributed by atoms with van der Waals surface area (Å²) in [6.07, 6.45) is 10.6. The summed E-state index contributed by atoms with van der Waals surface area (Å²) in [6, 6.07) is 9.05. The zero-order valence-electron chi connectivity index (χ0n) is 12.4. The maximum absolute atomic E-state index is 5.33. The number of hydrogen-bond acceptors (Lipinski definition) is 1. The highest BCUT2D eigenvalue weighted by Crippen LogP contribution is 2.88. The van der Waals surface area contributed by atoms with E-state index in [1.165, 1.54) is 38.5 Å². The van der Waals surface area contributed by atoms with Crippen molar-refractivity contribution in [2.45, 2.75) is 50.4 Å². The molecule has 0 bridgehead atoms. The van der Waals surface area contributed by atoms with Gasteiger partial charge < -0.3 is 4.74 Å². The minimum atomic E-state index is 0.592. The number of methoxy groups -OCH3 is 1. The van der Waals surface area contributed by atoms with E-state index in [4.69, 9.17) is 4.74 Å². The van der Waals surface area contributed by atoms with Gasteiger partial charge in [0, 0.05) is 5.41 Å². The van der Waals surface area contributed by atoms with Crippen molar-refractivity contribution in [2.24, 2.45) is 23.2 Å². The van der Waals surface area contributed by atoms with Gasteiger partial charge in [0.1, 0.15) is 5.75 Å². The predicted octanol–water partition coefficient (Wildman–Crippen LogP) is 4.55. The van der Waals surface area contributed by atoms with Gasteiger partial charge in [0.2, 0.25) is 0 Å². The van der Waals surface area contributed by atoms with Crippen LogP contribution in [-0.2, 0) is 5.41 Å². The third kappa shape index (κ3) is 1.21. The summed E-state index contributed by atoms with van der Waals surface area (Å²) in [5.74, 6) is 4.12. The smallest absolute Gasteiger partial charge is 0.118 e. The molecule has 4 aliphatic rings. The molecule has 5 atom stereocenters. The second kappa shape index (κ2) is 3.61. The van der Waals surface area contributed by atoms with Crippen molar-refractivity contribution in [1.29, 1.82) is 0 Å². The maximum Gasteiger partial charge on any atom is 0.118 e. The van der Waals surface area contributed by atoms with Gasteiger partial charge in [-0.1, -0.05) is 31.4 Å². The SMILES string of the molecule is COc1ccc([C@@]23C[C@@H]2CC24CCCCC[C@H]2[C@H]43)cc1. The van der Waals surface area contributed by atoms with Gasteiger partial charge in [-0.2, -0.15) is 0 Å². The first-order chi connectivity index (χ1) is 9.81. The van der Waals surface area contributed by atoms with Gasteiger partial charge in [-0.25, -0.2) is 0 Å². The van der Waals surface area contributed by atoms with Gasteiger partial charge in [0.05, 0.1) is 7.11 Å². The lowest BCUT2D eigenvalue weighted by Gasteiger charge is -2.17. The van der Waals surface area contributed by atoms with Gasteiger partial charge in [0.15, 0.2) is 0 Å². The van der Waals surface area contributed by atoms with Gasteiger partial charge in [-0.05, 0) is 66.5 Å². The van der Waals surface area contributed by atoms with Gasteiger partial charge >= 0.3 is 0 Å². The molecule has 0 heterocycles. The van der Waals surface area contributed by atoms with E-state index < -0.39 is 0 Å². The Morgan fingerprint density at radius 1 is 1.05 bits per heavy atom. The quantitative estimate of drug-likeness (QED) is 0.764. The number of benzene rings is 1. The molecule has 1 unspecified atom stereocenters. The minimum Gasteiger partial charge on any atom is -0.497 e. The summed E-state index contributed by atoms with van der Waals surface area (Å²) in [6.45, 7) is 0. The summed E-state index contributed by atoms with van der Waals surface area (Å²) in [5.41, 5.74) is 3.01. The first kappa shape index (κ1) is 11.7. The zero-order valence-corrected chi connectivity index (χ0v) is 12.4. The summed E-state index contributed by atoms with van der Waals surface area (Å²) < 4.78 is 5.33. The molecule has 1 spiro atoms. The molecule has 4 aliphatic carbocycles. The van der Waals surface area contributed by atoms with E-state index in [2.05, 4.69) is 24.3 Å². The Labute approximate surface area is 121 Å². The van der Waals surface area contributed by atoms with Crippen LogP contribution in [0.3, 0.4) is 0 Å². The second-order valence-electron chi connectivity index (χ2n) is 7.79. The fraction of sp³-hybridized carbons (Fsp3) is 0.684. The molecule has 1 aromatic carbocycles. The Morgan fingerprint density at radius 3 is 2.70 bits per heavy atom. The van der Waals surface area contributed by atoms with Crippen LogP contribution in [-0.4, -0.2) is 7.11 Å². The Morgan fingerprint density at radius 2 is 1.90 bits per heavy atom. The molecule has 106 valence electrons. The topological polar surface area (TPSA) is 9.23 Å². The molecular weight excluding hydrogens is 244 g/mol. The van der Waals surface area contributed by atoms with Crippen LogP contribution >= 0.6 is 0 Å². The van der Waals surface area contributed by atoms with E-state index in [9.17, 15) is 0 Å². The maximum atomic E-state index is 5.33. The molecule has 0 radical (unpaired) electrons. The lowest BCUT2D eigenvalue weighted by Crippen LogP contribution is -2.13. The van der Waals surface area contributed by atoms with Crippen molar-refractivity contribution >= 4 is 0 Å². The van der Waals surface area contributed by atoms with Crippen LogP contribution in [0.25, 0.3) is 0 Å². The van der Waals surface area contributed by atoms with Crippen molar-refractivity contribution in [3.63, 3.8) is 0 Å². The summed E-state index contributed by atoms with van der Waals surface area (Å²) in [7, 11) is 1.76. The number of fused-ring (bicyclic) bond motifs is 3. The highest BCUT2D eigenvalue weighted by molar-refractivity contribution is 5.47. The van der Waals surface area contributed by atoms with Crippen LogP contribution in [0.5, 0.6) is 5.75 Å². The van der Waals surface area contributed by atoms with Crippen molar-refractivity contribution in [3.8, 4) is 5.75 Å². The molecule has 4 fully saturated rings. The van der Waals surface area contributed by atoms with Crippen molar-refractivity contribution < 1.29 is 4.74 Å². The molecule has 0 aliphatic heterocycles. The van der Waals surface area contributed by atoms with Crippen LogP contribution in [0.1, 0.15) is 50.5 Å². The largest absolute Gasteiger partial charge is 0.497 e. The molecule has 5 rings (SSSR count). The van der Waals surface area contributed by atoms with Gasteiger partial charge in [-0.3, -0.25) is 0 Å². The number of rotatable bonds is 2. The molecule has 0 saturated heterocycles. The molecule has 1 aromatic rings. The summed E-state index contributed by atoms with van der Waals surface area (Å²) >= 11 is 0. The van der Waals surface area contributed by atoms with E-state index in [0.717, 1.165) is 28.9 Å². The van der Waals surface area contributed by atoms with E-state index in [0.29, 0.717) is 5.41 Å². The van der Waals surface area contributed by atoms with Crippen LogP contribution in [0, 0.1) is 23.2 Å². The van der Waals surface area contributed by atoms with Crippen LogP contribution in [0.4, 0.5) is 0 Å². The van der Waals surface area contributed by atoms with E-state index in [1.807, 2.05) is 0 Å². The second-order valence-corrected chi connectivity index (χ2v) is 7.79. The number of ether oxygens (including phenoxy) is 1. The Bertz CT molecular complexity index is 547. The molecule has 20 heavy (non-hydrogen) atoms. The third-order valence-corrected chi connectivity index (χ3v) is 7.27. The predicted molar refractivity (Wildman–Crippen MR) is 79.9 cm³/mol. The molecule has 1 heteroatoms.